The van der Waals surface area contributed by atoms with Crippen LogP contribution < -0.4 is 0 Å². The van der Waals surface area contributed by atoms with Gasteiger partial charge in [0, 0.05) is 22.9 Å². The van der Waals surface area contributed by atoms with E-state index in [0.717, 1.165) is 9.80 Å². The summed E-state index contributed by atoms with van der Waals surface area (Å²) in [6.07, 6.45) is 0.263. The highest BCUT2D eigenvalue weighted by atomic mass is 127. The molecule has 0 aromatic carbocycles. The van der Waals surface area contributed by atoms with Crippen molar-refractivity contribution in [3.05, 3.63) is 27.6 Å². The van der Waals surface area contributed by atoms with Gasteiger partial charge in [0.1, 0.15) is 11.7 Å². The van der Waals surface area contributed by atoms with Crippen LogP contribution in [0.5, 0.6) is 0 Å². The zero-order valence-corrected chi connectivity index (χ0v) is 12.9. The summed E-state index contributed by atoms with van der Waals surface area (Å²) in [5, 5.41) is 18.2. The quantitative estimate of drug-likeness (QED) is 0.697. The fourth-order valence-corrected chi connectivity index (χ4v) is 2.67. The number of aromatic nitrogens is 1. The lowest BCUT2D eigenvalue weighted by Gasteiger charge is -2.37. The van der Waals surface area contributed by atoms with Crippen LogP contribution in [0.1, 0.15) is 10.5 Å². The second-order valence-electron chi connectivity index (χ2n) is 4.42. The summed E-state index contributed by atoms with van der Waals surface area (Å²) in [6, 6.07) is 2.17. The first-order valence-electron chi connectivity index (χ1n) is 6.04. The van der Waals surface area contributed by atoms with Gasteiger partial charge in [-0.1, -0.05) is 0 Å². The molecule has 112 valence electrons. The molecule has 2 rings (SSSR count). The van der Waals surface area contributed by atoms with Gasteiger partial charge in [0.05, 0.1) is 6.54 Å². The molecular weight excluding hydrogens is 393 g/mol. The van der Waals surface area contributed by atoms with Crippen LogP contribution in [0.3, 0.4) is 0 Å². The summed E-state index contributed by atoms with van der Waals surface area (Å²) in [7, 11) is 0. The summed E-state index contributed by atoms with van der Waals surface area (Å²) < 4.78 is 0.616. The maximum Gasteiger partial charge on any atom is 0.407 e. The number of amides is 2. The van der Waals surface area contributed by atoms with Crippen molar-refractivity contribution in [2.24, 2.45) is 0 Å². The zero-order valence-electron chi connectivity index (χ0n) is 10.8. The predicted octanol–water partition coefficient (Wildman–Crippen LogP) is 0.575. The fourth-order valence-electron chi connectivity index (χ4n) is 2.09. The minimum atomic E-state index is -1.24. The number of rotatable bonds is 2. The highest BCUT2D eigenvalue weighted by Crippen LogP contribution is 2.17. The van der Waals surface area contributed by atoms with Crippen molar-refractivity contribution in [1.82, 2.24) is 14.8 Å². The van der Waals surface area contributed by atoms with Crippen molar-refractivity contribution in [3.63, 3.8) is 0 Å². The number of hydrogen-bond donors (Lipinski definition) is 2. The van der Waals surface area contributed by atoms with E-state index in [-0.39, 0.29) is 25.3 Å². The molecule has 0 saturated carbocycles. The van der Waals surface area contributed by atoms with E-state index in [1.54, 1.807) is 12.1 Å². The van der Waals surface area contributed by atoms with Crippen LogP contribution in [-0.4, -0.2) is 68.6 Å². The van der Waals surface area contributed by atoms with E-state index < -0.39 is 24.0 Å². The molecule has 2 heterocycles. The Bertz CT molecular complexity index is 594. The first kappa shape index (κ1) is 15.5. The van der Waals surface area contributed by atoms with Gasteiger partial charge in [-0.2, -0.15) is 0 Å². The topological polar surface area (TPSA) is 111 Å². The standard InChI is InChI=1S/C12H12IN3O5/c13-7-2-1-3-14-9(7)10(17)16-5-4-15(12(20)21)6-8(16)11(18)19/h1-3,8H,4-6H2,(H,18,19)(H,20,21). The molecule has 1 saturated heterocycles. The van der Waals surface area contributed by atoms with Gasteiger partial charge < -0.3 is 20.0 Å². The van der Waals surface area contributed by atoms with E-state index in [0.29, 0.717) is 3.57 Å². The second kappa shape index (κ2) is 6.24. The zero-order chi connectivity index (χ0) is 15.6. The van der Waals surface area contributed by atoms with Crippen molar-refractivity contribution < 1.29 is 24.6 Å². The number of carboxylic acid groups (broad SMARTS) is 2. The SMILES string of the molecule is O=C(O)C1CN(C(=O)O)CCN1C(=O)c1ncccc1I. The first-order chi connectivity index (χ1) is 9.91. The highest BCUT2D eigenvalue weighted by Gasteiger charge is 2.38. The van der Waals surface area contributed by atoms with Gasteiger partial charge >= 0.3 is 12.1 Å². The molecule has 1 unspecified atom stereocenters. The lowest BCUT2D eigenvalue weighted by atomic mass is 10.1. The molecule has 21 heavy (non-hydrogen) atoms. The smallest absolute Gasteiger partial charge is 0.407 e. The van der Waals surface area contributed by atoms with Gasteiger partial charge in [-0.15, -0.1) is 0 Å². The molecule has 8 nitrogen and oxygen atoms in total. The molecule has 1 aromatic rings. The Balaban J connectivity index is 2.26. The van der Waals surface area contributed by atoms with E-state index >= 15 is 0 Å². The minimum absolute atomic E-state index is 0.0226. The maximum absolute atomic E-state index is 12.4. The molecule has 9 heteroatoms. The Morgan fingerprint density at radius 1 is 1.29 bits per heavy atom. The van der Waals surface area contributed by atoms with Crippen LogP contribution >= 0.6 is 22.6 Å². The van der Waals surface area contributed by atoms with Crippen molar-refractivity contribution >= 4 is 40.6 Å². The Hall–Kier alpha value is -1.91. The van der Waals surface area contributed by atoms with E-state index in [1.165, 1.54) is 6.20 Å². The first-order valence-corrected chi connectivity index (χ1v) is 7.12. The van der Waals surface area contributed by atoms with Gasteiger partial charge in [0.15, 0.2) is 0 Å². The molecule has 1 fully saturated rings. The number of nitrogens with zero attached hydrogens (tertiary/aromatic N) is 3. The van der Waals surface area contributed by atoms with Crippen LogP contribution in [0.25, 0.3) is 0 Å². The third kappa shape index (κ3) is 3.23. The number of carboxylic acids is 1. The second-order valence-corrected chi connectivity index (χ2v) is 5.58. The number of hydrogen-bond acceptors (Lipinski definition) is 4. The third-order valence-electron chi connectivity index (χ3n) is 3.16. The number of halogens is 1. The van der Waals surface area contributed by atoms with Crippen molar-refractivity contribution in [1.29, 1.82) is 0 Å². The average molecular weight is 405 g/mol. The highest BCUT2D eigenvalue weighted by molar-refractivity contribution is 14.1. The van der Waals surface area contributed by atoms with E-state index in [1.807, 2.05) is 22.6 Å². The third-order valence-corrected chi connectivity index (χ3v) is 4.03. The predicted molar refractivity (Wildman–Crippen MR) is 79.0 cm³/mol. The molecule has 0 aliphatic carbocycles. The molecule has 1 aliphatic rings. The van der Waals surface area contributed by atoms with E-state index in [9.17, 15) is 19.5 Å². The summed E-state index contributed by atoms with van der Waals surface area (Å²) in [4.78, 5) is 40.8. The largest absolute Gasteiger partial charge is 0.480 e. The van der Waals surface area contributed by atoms with Crippen LogP contribution in [-0.2, 0) is 4.79 Å². The number of carbonyl (C=O) groups is 3. The Morgan fingerprint density at radius 2 is 2.00 bits per heavy atom. The summed E-state index contributed by atoms with van der Waals surface area (Å²) in [5.41, 5.74) is 0.174. The molecule has 0 spiro atoms. The van der Waals surface area contributed by atoms with Gasteiger partial charge in [-0.05, 0) is 34.7 Å². The summed E-state index contributed by atoms with van der Waals surface area (Å²) >= 11 is 1.95. The van der Waals surface area contributed by atoms with Gasteiger partial charge in [0.25, 0.3) is 5.91 Å². The summed E-state index contributed by atoms with van der Waals surface area (Å²) in [5.74, 6) is -1.74. The maximum atomic E-state index is 12.4. The molecule has 0 radical (unpaired) electrons. The Morgan fingerprint density at radius 3 is 2.57 bits per heavy atom. The Kier molecular flexibility index (Phi) is 4.60. The van der Waals surface area contributed by atoms with E-state index in [2.05, 4.69) is 4.98 Å². The minimum Gasteiger partial charge on any atom is -0.480 e. The van der Waals surface area contributed by atoms with Gasteiger partial charge in [-0.25, -0.2) is 14.6 Å². The lowest BCUT2D eigenvalue weighted by Crippen LogP contribution is -2.59. The van der Waals surface area contributed by atoms with E-state index in [4.69, 9.17) is 5.11 Å². The van der Waals surface area contributed by atoms with Crippen molar-refractivity contribution in [2.75, 3.05) is 19.6 Å². The van der Waals surface area contributed by atoms with Crippen molar-refractivity contribution in [3.8, 4) is 0 Å². The van der Waals surface area contributed by atoms with Gasteiger partial charge in [-0.3, -0.25) is 4.79 Å². The summed E-state index contributed by atoms with van der Waals surface area (Å²) in [6.45, 7) is -0.150. The molecule has 1 atom stereocenters. The molecule has 1 aromatic heterocycles. The van der Waals surface area contributed by atoms with Crippen molar-refractivity contribution in [2.45, 2.75) is 6.04 Å². The van der Waals surface area contributed by atoms with Crippen LogP contribution in [0, 0.1) is 3.57 Å². The van der Waals surface area contributed by atoms with Crippen LogP contribution in [0.2, 0.25) is 0 Å². The van der Waals surface area contributed by atoms with Gasteiger partial charge in [0.2, 0.25) is 0 Å². The normalized spacial score (nSPS) is 18.4. The number of pyridine rings is 1. The van der Waals surface area contributed by atoms with Crippen LogP contribution in [0.4, 0.5) is 4.79 Å². The molecule has 0 bridgehead atoms. The molecular formula is C12H12IN3O5. The average Bonchev–Trinajstić information content (AvgIpc) is 2.46. The molecule has 2 N–H and O–H groups in total. The molecule has 2 amide bonds. The number of aliphatic carboxylic acids is 1. The number of piperazine rings is 1. The fraction of sp³-hybridized carbons (Fsp3) is 0.333. The lowest BCUT2D eigenvalue weighted by molar-refractivity contribution is -0.144. The Labute approximate surface area is 133 Å². The number of carbonyl (C=O) groups excluding carboxylic acids is 1. The molecule has 1 aliphatic heterocycles. The van der Waals surface area contributed by atoms with Crippen LogP contribution in [0.15, 0.2) is 18.3 Å². The monoisotopic (exact) mass is 405 g/mol.